The van der Waals surface area contributed by atoms with Crippen molar-refractivity contribution in [2.24, 2.45) is 11.7 Å². The van der Waals surface area contributed by atoms with E-state index in [-0.39, 0.29) is 11.8 Å². The van der Waals surface area contributed by atoms with Crippen molar-refractivity contribution in [3.05, 3.63) is 30.1 Å². The van der Waals surface area contributed by atoms with E-state index in [1.165, 1.54) is 6.33 Å². The molecule has 0 aliphatic heterocycles. The van der Waals surface area contributed by atoms with Crippen molar-refractivity contribution in [2.75, 3.05) is 11.9 Å². The largest absolute Gasteiger partial charge is 0.330 e. The Morgan fingerprint density at radius 2 is 2.30 bits per heavy atom. The molecule has 0 radical (unpaired) electrons. The summed E-state index contributed by atoms with van der Waals surface area (Å²) in [6.07, 6.45) is 2.17. The van der Waals surface area contributed by atoms with Gasteiger partial charge in [-0.3, -0.25) is 4.79 Å². The fourth-order valence-electron chi connectivity index (χ4n) is 1.80. The molecule has 1 atom stereocenters. The predicted octanol–water partition coefficient (Wildman–Crippen LogP) is 0.894. The van der Waals surface area contributed by atoms with Gasteiger partial charge in [0, 0.05) is 11.6 Å². The Kier molecular flexibility index (Phi) is 4.41. The zero-order valence-electron chi connectivity index (χ0n) is 11.6. The minimum atomic E-state index is -0.115. The Labute approximate surface area is 117 Å². The maximum absolute atomic E-state index is 12.0. The van der Waals surface area contributed by atoms with Crippen molar-refractivity contribution >= 4 is 11.6 Å². The van der Waals surface area contributed by atoms with Crippen molar-refractivity contribution in [1.82, 2.24) is 20.2 Å². The van der Waals surface area contributed by atoms with Crippen LogP contribution < -0.4 is 11.1 Å². The Hall–Kier alpha value is -2.28. The molecule has 1 heterocycles. The number of anilines is 1. The van der Waals surface area contributed by atoms with Crippen LogP contribution >= 0.6 is 0 Å². The fourth-order valence-corrected chi connectivity index (χ4v) is 1.80. The van der Waals surface area contributed by atoms with Crippen LogP contribution in [-0.4, -0.2) is 32.7 Å². The standard InChI is InChI=1S/C13H18N6O/c1-9-3-4-11(19-8-15-17-18-19)7-12(9)16-13(20)10(2)5-6-14/h3-4,7-8,10H,5-6,14H2,1-2H3,(H,16,20). The monoisotopic (exact) mass is 274 g/mol. The molecule has 0 spiro atoms. The molecule has 2 aromatic rings. The molecular formula is C13H18N6O. The maximum Gasteiger partial charge on any atom is 0.227 e. The molecule has 0 aliphatic rings. The second-order valence-corrected chi connectivity index (χ2v) is 4.72. The van der Waals surface area contributed by atoms with Gasteiger partial charge in [0.15, 0.2) is 0 Å². The summed E-state index contributed by atoms with van der Waals surface area (Å²) in [7, 11) is 0. The van der Waals surface area contributed by atoms with E-state index in [4.69, 9.17) is 5.73 Å². The van der Waals surface area contributed by atoms with Crippen molar-refractivity contribution in [3.8, 4) is 5.69 Å². The number of nitrogens with two attached hydrogens (primary N) is 1. The van der Waals surface area contributed by atoms with Crippen LogP contribution in [0.25, 0.3) is 5.69 Å². The lowest BCUT2D eigenvalue weighted by atomic mass is 10.1. The summed E-state index contributed by atoms with van der Waals surface area (Å²) in [6, 6.07) is 5.66. The number of amides is 1. The van der Waals surface area contributed by atoms with E-state index in [0.717, 1.165) is 16.9 Å². The minimum absolute atomic E-state index is 0.0348. The first kappa shape index (κ1) is 14.1. The number of benzene rings is 1. The number of nitrogens with one attached hydrogen (secondary N) is 1. The predicted molar refractivity (Wildman–Crippen MR) is 75.4 cm³/mol. The lowest BCUT2D eigenvalue weighted by molar-refractivity contribution is -0.119. The van der Waals surface area contributed by atoms with E-state index >= 15 is 0 Å². The van der Waals surface area contributed by atoms with E-state index in [1.807, 2.05) is 32.0 Å². The van der Waals surface area contributed by atoms with Crippen LogP contribution in [0.5, 0.6) is 0 Å². The Balaban J connectivity index is 2.19. The van der Waals surface area contributed by atoms with Gasteiger partial charge in [-0.2, -0.15) is 0 Å². The van der Waals surface area contributed by atoms with Crippen LogP contribution in [0.1, 0.15) is 18.9 Å². The zero-order chi connectivity index (χ0) is 14.5. The van der Waals surface area contributed by atoms with Crippen molar-refractivity contribution in [1.29, 1.82) is 0 Å². The van der Waals surface area contributed by atoms with Crippen molar-refractivity contribution < 1.29 is 4.79 Å². The van der Waals surface area contributed by atoms with Gasteiger partial charge in [0.25, 0.3) is 0 Å². The smallest absolute Gasteiger partial charge is 0.227 e. The first-order valence-corrected chi connectivity index (χ1v) is 6.46. The Morgan fingerprint density at radius 1 is 1.50 bits per heavy atom. The van der Waals surface area contributed by atoms with Crippen LogP contribution in [0.15, 0.2) is 24.5 Å². The molecule has 0 bridgehead atoms. The molecular weight excluding hydrogens is 256 g/mol. The molecule has 0 saturated heterocycles. The van der Waals surface area contributed by atoms with E-state index < -0.39 is 0 Å². The van der Waals surface area contributed by atoms with Crippen LogP contribution in [0.3, 0.4) is 0 Å². The number of aryl methyl sites for hydroxylation is 1. The number of rotatable bonds is 5. The van der Waals surface area contributed by atoms with Gasteiger partial charge >= 0.3 is 0 Å². The quantitative estimate of drug-likeness (QED) is 0.843. The van der Waals surface area contributed by atoms with Gasteiger partial charge in [0.05, 0.1) is 5.69 Å². The third kappa shape index (κ3) is 3.18. The third-order valence-electron chi connectivity index (χ3n) is 3.14. The number of carbonyl (C=O) groups is 1. The number of hydrogen-bond donors (Lipinski definition) is 2. The number of tetrazole rings is 1. The highest BCUT2D eigenvalue weighted by Gasteiger charge is 2.13. The van der Waals surface area contributed by atoms with Crippen molar-refractivity contribution in [3.63, 3.8) is 0 Å². The summed E-state index contributed by atoms with van der Waals surface area (Å²) in [6.45, 7) is 4.30. The summed E-state index contributed by atoms with van der Waals surface area (Å²) < 4.78 is 1.54. The Morgan fingerprint density at radius 3 is 2.95 bits per heavy atom. The lowest BCUT2D eigenvalue weighted by Crippen LogP contribution is -2.23. The van der Waals surface area contributed by atoms with Gasteiger partial charge in [0.2, 0.25) is 5.91 Å². The third-order valence-corrected chi connectivity index (χ3v) is 3.14. The second kappa shape index (κ2) is 6.25. The molecule has 20 heavy (non-hydrogen) atoms. The first-order valence-electron chi connectivity index (χ1n) is 6.46. The average Bonchev–Trinajstić information content (AvgIpc) is 2.95. The average molecular weight is 274 g/mol. The van der Waals surface area contributed by atoms with Crippen LogP contribution in [-0.2, 0) is 4.79 Å². The number of hydrogen-bond acceptors (Lipinski definition) is 5. The topological polar surface area (TPSA) is 98.7 Å². The summed E-state index contributed by atoms with van der Waals surface area (Å²) in [4.78, 5) is 12.0. The Bertz CT molecular complexity index is 581. The second-order valence-electron chi connectivity index (χ2n) is 4.72. The van der Waals surface area contributed by atoms with Gasteiger partial charge in [-0.15, -0.1) is 5.10 Å². The molecule has 2 rings (SSSR count). The maximum atomic E-state index is 12.0. The molecule has 1 aromatic heterocycles. The lowest BCUT2D eigenvalue weighted by Gasteiger charge is -2.14. The summed E-state index contributed by atoms with van der Waals surface area (Å²) in [5.74, 6) is -0.150. The molecule has 7 nitrogen and oxygen atoms in total. The van der Waals surface area contributed by atoms with Gasteiger partial charge in [0.1, 0.15) is 6.33 Å². The van der Waals surface area contributed by atoms with Crippen LogP contribution in [0.2, 0.25) is 0 Å². The summed E-state index contributed by atoms with van der Waals surface area (Å²) in [5.41, 5.74) is 8.01. The van der Waals surface area contributed by atoms with E-state index in [2.05, 4.69) is 20.8 Å². The van der Waals surface area contributed by atoms with Crippen LogP contribution in [0.4, 0.5) is 5.69 Å². The van der Waals surface area contributed by atoms with Gasteiger partial charge in [-0.05, 0) is 48.0 Å². The molecule has 3 N–H and O–H groups in total. The molecule has 1 amide bonds. The molecule has 106 valence electrons. The van der Waals surface area contributed by atoms with Crippen molar-refractivity contribution in [2.45, 2.75) is 20.3 Å². The number of nitrogens with zero attached hydrogens (tertiary/aromatic N) is 4. The summed E-state index contributed by atoms with van der Waals surface area (Å²) in [5, 5.41) is 13.9. The fraction of sp³-hybridized carbons (Fsp3) is 0.385. The van der Waals surface area contributed by atoms with Crippen LogP contribution in [0, 0.1) is 12.8 Å². The molecule has 1 aromatic carbocycles. The minimum Gasteiger partial charge on any atom is -0.330 e. The SMILES string of the molecule is Cc1ccc(-n2cnnn2)cc1NC(=O)C(C)CCN. The molecule has 7 heteroatoms. The highest BCUT2D eigenvalue weighted by Crippen LogP contribution is 2.20. The normalized spacial score (nSPS) is 12.2. The molecule has 0 fully saturated rings. The molecule has 0 saturated carbocycles. The summed E-state index contributed by atoms with van der Waals surface area (Å²) >= 11 is 0. The van der Waals surface area contributed by atoms with E-state index in [1.54, 1.807) is 4.68 Å². The first-order chi connectivity index (χ1) is 9.61. The van der Waals surface area contributed by atoms with Gasteiger partial charge in [-0.1, -0.05) is 13.0 Å². The highest BCUT2D eigenvalue weighted by atomic mass is 16.1. The van der Waals surface area contributed by atoms with Gasteiger partial charge in [-0.25, -0.2) is 4.68 Å². The van der Waals surface area contributed by atoms with E-state index in [0.29, 0.717) is 13.0 Å². The molecule has 1 unspecified atom stereocenters. The number of carbonyl (C=O) groups excluding carboxylic acids is 1. The van der Waals surface area contributed by atoms with Gasteiger partial charge < -0.3 is 11.1 Å². The zero-order valence-corrected chi connectivity index (χ0v) is 11.6. The van der Waals surface area contributed by atoms with E-state index in [9.17, 15) is 4.79 Å². The highest BCUT2D eigenvalue weighted by molar-refractivity contribution is 5.93. The molecule has 0 aliphatic carbocycles. The number of aromatic nitrogens is 4.